The van der Waals surface area contributed by atoms with E-state index in [1.54, 1.807) is 20.0 Å². The molecule has 1 aliphatic carbocycles. The summed E-state index contributed by atoms with van der Waals surface area (Å²) in [5.41, 5.74) is 0.646. The van der Waals surface area contributed by atoms with Crippen LogP contribution in [0.2, 0.25) is 0 Å². The average molecular weight is 452 g/mol. The van der Waals surface area contributed by atoms with Gasteiger partial charge in [-0.1, -0.05) is 36.7 Å². The summed E-state index contributed by atoms with van der Waals surface area (Å²) in [6, 6.07) is 5.93. The molecule has 1 fully saturated rings. The zero-order valence-electron chi connectivity index (χ0n) is 17.2. The third-order valence-corrected chi connectivity index (χ3v) is 8.21. The number of benzene rings is 1. The molecule has 1 aromatic heterocycles. The van der Waals surface area contributed by atoms with Crippen molar-refractivity contribution in [3.63, 3.8) is 0 Å². The van der Waals surface area contributed by atoms with Crippen molar-refractivity contribution < 1.29 is 22.7 Å². The SMILES string of the molecule is COC(=O)c1sc(NC(=O)c2cccc(S(=O)(=O)N(C)C3CCCCC3)c2)nc1C. The Labute approximate surface area is 180 Å². The van der Waals surface area contributed by atoms with Crippen molar-refractivity contribution in [1.29, 1.82) is 0 Å². The molecule has 2 aromatic rings. The van der Waals surface area contributed by atoms with Crippen LogP contribution in [-0.4, -0.2) is 49.8 Å². The van der Waals surface area contributed by atoms with Gasteiger partial charge in [-0.25, -0.2) is 18.2 Å². The van der Waals surface area contributed by atoms with Crippen LogP contribution in [0.15, 0.2) is 29.2 Å². The Kier molecular flexibility index (Phi) is 6.89. The number of aromatic nitrogens is 1. The number of nitrogens with one attached hydrogen (secondary N) is 1. The number of sulfonamides is 1. The molecule has 1 N–H and O–H groups in total. The highest BCUT2D eigenvalue weighted by atomic mass is 32.2. The monoisotopic (exact) mass is 451 g/mol. The summed E-state index contributed by atoms with van der Waals surface area (Å²) in [5, 5.41) is 2.86. The molecule has 162 valence electrons. The third-order valence-electron chi connectivity index (χ3n) is 5.25. The maximum Gasteiger partial charge on any atom is 0.350 e. The Hall–Kier alpha value is -2.30. The number of hydrogen-bond acceptors (Lipinski definition) is 7. The number of thiazole rings is 1. The Bertz CT molecular complexity index is 1040. The molecule has 1 aromatic carbocycles. The van der Waals surface area contributed by atoms with E-state index in [0.717, 1.165) is 43.4 Å². The van der Waals surface area contributed by atoms with E-state index >= 15 is 0 Å². The van der Waals surface area contributed by atoms with E-state index in [-0.39, 0.29) is 21.6 Å². The molecule has 1 saturated carbocycles. The third kappa shape index (κ3) is 4.71. The summed E-state index contributed by atoms with van der Waals surface area (Å²) in [6.07, 6.45) is 4.87. The summed E-state index contributed by atoms with van der Waals surface area (Å²) < 4.78 is 32.2. The number of esters is 1. The Balaban J connectivity index is 1.79. The van der Waals surface area contributed by atoms with Crippen molar-refractivity contribution in [3.05, 3.63) is 40.4 Å². The van der Waals surface area contributed by atoms with E-state index in [1.807, 2.05) is 0 Å². The predicted octanol–water partition coefficient (Wildman–Crippen LogP) is 3.44. The lowest BCUT2D eigenvalue weighted by Crippen LogP contribution is -2.38. The number of ether oxygens (including phenoxy) is 1. The highest BCUT2D eigenvalue weighted by Gasteiger charge is 2.29. The number of carbonyl (C=O) groups excluding carboxylic acids is 2. The summed E-state index contributed by atoms with van der Waals surface area (Å²) in [7, 11) is -0.830. The van der Waals surface area contributed by atoms with E-state index in [4.69, 9.17) is 4.74 Å². The molecular formula is C20H25N3O5S2. The number of carbonyl (C=O) groups is 2. The zero-order chi connectivity index (χ0) is 21.9. The minimum atomic E-state index is -3.71. The minimum Gasteiger partial charge on any atom is -0.465 e. The van der Waals surface area contributed by atoms with Gasteiger partial charge in [0, 0.05) is 18.7 Å². The first-order valence-electron chi connectivity index (χ1n) is 9.69. The number of methoxy groups -OCH3 is 1. The number of aryl methyl sites for hydroxylation is 1. The van der Waals surface area contributed by atoms with Crippen LogP contribution in [-0.2, 0) is 14.8 Å². The molecule has 0 radical (unpaired) electrons. The molecule has 3 rings (SSSR count). The smallest absolute Gasteiger partial charge is 0.350 e. The van der Waals surface area contributed by atoms with E-state index in [2.05, 4.69) is 10.3 Å². The molecule has 0 spiro atoms. The second-order valence-corrected chi connectivity index (χ2v) is 10.2. The maximum atomic E-state index is 13.1. The molecule has 0 unspecified atom stereocenters. The van der Waals surface area contributed by atoms with Crippen molar-refractivity contribution in [3.8, 4) is 0 Å². The molecule has 1 heterocycles. The van der Waals surface area contributed by atoms with Crippen molar-refractivity contribution >= 4 is 38.4 Å². The van der Waals surface area contributed by atoms with Crippen molar-refractivity contribution in [2.24, 2.45) is 0 Å². The number of rotatable bonds is 6. The molecule has 0 bridgehead atoms. The van der Waals surface area contributed by atoms with Gasteiger partial charge < -0.3 is 4.74 Å². The molecule has 10 heteroatoms. The average Bonchev–Trinajstić information content (AvgIpc) is 3.13. The van der Waals surface area contributed by atoms with Crippen LogP contribution in [0.1, 0.15) is 57.8 Å². The van der Waals surface area contributed by atoms with Gasteiger partial charge in [-0.15, -0.1) is 0 Å². The molecule has 0 saturated heterocycles. The fraction of sp³-hybridized carbons (Fsp3) is 0.450. The normalized spacial score (nSPS) is 15.2. The number of nitrogens with zero attached hydrogens (tertiary/aromatic N) is 2. The van der Waals surface area contributed by atoms with Gasteiger partial charge in [-0.2, -0.15) is 4.31 Å². The highest BCUT2D eigenvalue weighted by Crippen LogP contribution is 2.27. The van der Waals surface area contributed by atoms with E-state index in [0.29, 0.717) is 10.6 Å². The molecule has 1 amide bonds. The van der Waals surface area contributed by atoms with Gasteiger partial charge in [-0.3, -0.25) is 10.1 Å². The Morgan fingerprint density at radius 1 is 1.23 bits per heavy atom. The molecule has 8 nitrogen and oxygen atoms in total. The summed E-state index contributed by atoms with van der Waals surface area (Å²) in [5.74, 6) is -1.03. The largest absolute Gasteiger partial charge is 0.465 e. The highest BCUT2D eigenvalue weighted by molar-refractivity contribution is 7.89. The van der Waals surface area contributed by atoms with Crippen LogP contribution in [0.3, 0.4) is 0 Å². The van der Waals surface area contributed by atoms with Crippen molar-refractivity contribution in [2.75, 3.05) is 19.5 Å². The summed E-state index contributed by atoms with van der Waals surface area (Å²) in [4.78, 5) is 28.9. The Morgan fingerprint density at radius 2 is 1.93 bits per heavy atom. The summed E-state index contributed by atoms with van der Waals surface area (Å²) in [6.45, 7) is 1.65. The van der Waals surface area contributed by atoms with Crippen LogP contribution in [0.25, 0.3) is 0 Å². The van der Waals surface area contributed by atoms with Gasteiger partial charge in [-0.05, 0) is 38.0 Å². The maximum absolute atomic E-state index is 13.1. The van der Waals surface area contributed by atoms with E-state index in [1.165, 1.54) is 29.6 Å². The molecule has 0 atom stereocenters. The van der Waals surface area contributed by atoms with Crippen molar-refractivity contribution in [2.45, 2.75) is 50.0 Å². The van der Waals surface area contributed by atoms with Gasteiger partial charge in [0.05, 0.1) is 17.7 Å². The number of amides is 1. The first kappa shape index (κ1) is 22.4. The van der Waals surface area contributed by atoms with Gasteiger partial charge >= 0.3 is 5.97 Å². The molecular weight excluding hydrogens is 426 g/mol. The summed E-state index contributed by atoms with van der Waals surface area (Å²) >= 11 is 1.00. The number of hydrogen-bond donors (Lipinski definition) is 1. The van der Waals surface area contributed by atoms with Crippen LogP contribution in [0.5, 0.6) is 0 Å². The van der Waals surface area contributed by atoms with E-state index < -0.39 is 21.9 Å². The fourth-order valence-electron chi connectivity index (χ4n) is 3.51. The lowest BCUT2D eigenvalue weighted by Gasteiger charge is -2.30. The lowest BCUT2D eigenvalue weighted by molar-refractivity contribution is 0.0605. The first-order valence-corrected chi connectivity index (χ1v) is 11.9. The minimum absolute atomic E-state index is 0.0173. The van der Waals surface area contributed by atoms with E-state index in [9.17, 15) is 18.0 Å². The molecule has 30 heavy (non-hydrogen) atoms. The second kappa shape index (κ2) is 9.23. The van der Waals surface area contributed by atoms with Crippen LogP contribution in [0, 0.1) is 6.92 Å². The van der Waals surface area contributed by atoms with Gasteiger partial charge in [0.1, 0.15) is 4.88 Å². The lowest BCUT2D eigenvalue weighted by atomic mass is 9.96. The van der Waals surface area contributed by atoms with Crippen LogP contribution in [0.4, 0.5) is 5.13 Å². The fourth-order valence-corrected chi connectivity index (χ4v) is 5.85. The van der Waals surface area contributed by atoms with Gasteiger partial charge in [0.2, 0.25) is 10.0 Å². The Morgan fingerprint density at radius 3 is 2.60 bits per heavy atom. The molecule has 1 aliphatic rings. The predicted molar refractivity (Wildman–Crippen MR) is 114 cm³/mol. The first-order chi connectivity index (χ1) is 14.2. The van der Waals surface area contributed by atoms with Gasteiger partial charge in [0.25, 0.3) is 5.91 Å². The molecule has 0 aliphatic heterocycles. The zero-order valence-corrected chi connectivity index (χ0v) is 18.8. The van der Waals surface area contributed by atoms with Gasteiger partial charge in [0.15, 0.2) is 5.13 Å². The van der Waals surface area contributed by atoms with Crippen LogP contribution >= 0.6 is 11.3 Å². The quantitative estimate of drug-likeness (QED) is 0.675. The van der Waals surface area contributed by atoms with Crippen molar-refractivity contribution in [1.82, 2.24) is 9.29 Å². The topological polar surface area (TPSA) is 106 Å². The number of anilines is 1. The standard InChI is InChI=1S/C20H25N3O5S2/c1-13-17(19(25)28-3)29-20(21-13)22-18(24)14-8-7-11-16(12-14)30(26,27)23(2)15-9-5-4-6-10-15/h7-8,11-12,15H,4-6,9-10H2,1-3H3,(H,21,22,24). The second-order valence-electron chi connectivity index (χ2n) is 7.22. The van der Waals surface area contributed by atoms with Crippen LogP contribution < -0.4 is 5.32 Å².